The Bertz CT molecular complexity index is 347. The molecule has 1 rings (SSSR count). The van der Waals surface area contributed by atoms with Crippen molar-refractivity contribution in [2.75, 3.05) is 19.0 Å². The van der Waals surface area contributed by atoms with Gasteiger partial charge in [-0.2, -0.15) is 0 Å². The third-order valence-electron chi connectivity index (χ3n) is 2.87. The van der Waals surface area contributed by atoms with Crippen LogP contribution < -0.4 is 5.32 Å². The molecule has 0 amide bonds. The summed E-state index contributed by atoms with van der Waals surface area (Å²) in [6, 6.07) is 0.278. The van der Waals surface area contributed by atoms with Crippen molar-refractivity contribution in [1.29, 1.82) is 0 Å². The molecule has 0 spiro atoms. The van der Waals surface area contributed by atoms with E-state index in [4.69, 9.17) is 4.74 Å². The number of methoxy groups -OCH3 is 1. The van der Waals surface area contributed by atoms with E-state index < -0.39 is 0 Å². The first-order chi connectivity index (χ1) is 8.52. The number of hydrogen-bond donors (Lipinski definition) is 1. The van der Waals surface area contributed by atoms with E-state index in [0.29, 0.717) is 6.61 Å². The van der Waals surface area contributed by atoms with Crippen molar-refractivity contribution in [3.05, 3.63) is 11.9 Å². The monoisotopic (exact) mass is 253 g/mol. The number of imidazole rings is 1. The maximum absolute atomic E-state index is 5.14. The SMILES string of the molecule is COCC(C)Nc1nc(C)cn1CCCC(C)C. The normalized spacial score (nSPS) is 13.0. The van der Waals surface area contributed by atoms with Crippen LogP contribution in [0.5, 0.6) is 0 Å². The molecule has 1 atom stereocenters. The van der Waals surface area contributed by atoms with E-state index in [1.807, 2.05) is 6.92 Å². The molecule has 0 aliphatic rings. The van der Waals surface area contributed by atoms with Crippen LogP contribution in [0.2, 0.25) is 0 Å². The highest BCUT2D eigenvalue weighted by Crippen LogP contribution is 2.13. The van der Waals surface area contributed by atoms with Gasteiger partial charge in [-0.3, -0.25) is 0 Å². The molecule has 0 fully saturated rings. The topological polar surface area (TPSA) is 39.1 Å². The van der Waals surface area contributed by atoms with Crippen LogP contribution >= 0.6 is 0 Å². The zero-order valence-corrected chi connectivity index (χ0v) is 12.4. The van der Waals surface area contributed by atoms with Crippen molar-refractivity contribution in [1.82, 2.24) is 9.55 Å². The van der Waals surface area contributed by atoms with Crippen molar-refractivity contribution in [2.45, 2.75) is 53.1 Å². The average molecular weight is 253 g/mol. The number of hydrogen-bond acceptors (Lipinski definition) is 3. The number of anilines is 1. The molecule has 0 saturated carbocycles. The number of rotatable bonds is 8. The molecule has 4 heteroatoms. The fraction of sp³-hybridized carbons (Fsp3) is 0.786. The summed E-state index contributed by atoms with van der Waals surface area (Å²) in [5, 5.41) is 3.40. The molecule has 0 saturated heterocycles. The highest BCUT2D eigenvalue weighted by Gasteiger charge is 2.09. The zero-order chi connectivity index (χ0) is 13.5. The molecule has 1 aromatic rings. The largest absolute Gasteiger partial charge is 0.383 e. The molecule has 1 N–H and O–H groups in total. The van der Waals surface area contributed by atoms with Crippen LogP contribution in [-0.2, 0) is 11.3 Å². The van der Waals surface area contributed by atoms with Crippen molar-refractivity contribution in [3.8, 4) is 0 Å². The maximum Gasteiger partial charge on any atom is 0.203 e. The fourth-order valence-corrected chi connectivity index (χ4v) is 2.01. The minimum Gasteiger partial charge on any atom is -0.383 e. The van der Waals surface area contributed by atoms with Crippen LogP contribution in [0, 0.1) is 12.8 Å². The second-order valence-electron chi connectivity index (χ2n) is 5.44. The minimum atomic E-state index is 0.278. The average Bonchev–Trinajstić information content (AvgIpc) is 2.58. The number of aryl methyl sites for hydroxylation is 2. The zero-order valence-electron chi connectivity index (χ0n) is 12.4. The first-order valence-corrected chi connectivity index (χ1v) is 6.82. The van der Waals surface area contributed by atoms with Gasteiger partial charge in [0.1, 0.15) is 0 Å². The van der Waals surface area contributed by atoms with Gasteiger partial charge < -0.3 is 14.6 Å². The molecule has 1 heterocycles. The van der Waals surface area contributed by atoms with Gasteiger partial charge in [0.2, 0.25) is 5.95 Å². The van der Waals surface area contributed by atoms with E-state index in [0.717, 1.165) is 24.1 Å². The Morgan fingerprint density at radius 3 is 2.72 bits per heavy atom. The summed E-state index contributed by atoms with van der Waals surface area (Å²) in [7, 11) is 1.72. The summed E-state index contributed by atoms with van der Waals surface area (Å²) in [6.45, 7) is 10.4. The quantitative estimate of drug-likeness (QED) is 0.774. The summed E-state index contributed by atoms with van der Waals surface area (Å²) in [6.07, 6.45) is 4.56. The Hall–Kier alpha value is -1.03. The maximum atomic E-state index is 5.14. The number of aromatic nitrogens is 2. The smallest absolute Gasteiger partial charge is 0.203 e. The molecule has 18 heavy (non-hydrogen) atoms. The molecular formula is C14H27N3O. The number of ether oxygens (including phenoxy) is 1. The van der Waals surface area contributed by atoms with Gasteiger partial charge in [-0.05, 0) is 32.6 Å². The van der Waals surface area contributed by atoms with Crippen molar-refractivity contribution >= 4 is 5.95 Å². The Morgan fingerprint density at radius 2 is 2.11 bits per heavy atom. The summed E-state index contributed by atoms with van der Waals surface area (Å²) in [4.78, 5) is 4.53. The van der Waals surface area contributed by atoms with Gasteiger partial charge in [0.15, 0.2) is 0 Å². The third kappa shape index (κ3) is 5.08. The van der Waals surface area contributed by atoms with E-state index in [9.17, 15) is 0 Å². The number of nitrogens with zero attached hydrogens (tertiary/aromatic N) is 2. The fourth-order valence-electron chi connectivity index (χ4n) is 2.01. The molecular weight excluding hydrogens is 226 g/mol. The van der Waals surface area contributed by atoms with E-state index in [1.165, 1.54) is 12.8 Å². The third-order valence-corrected chi connectivity index (χ3v) is 2.87. The van der Waals surface area contributed by atoms with E-state index in [-0.39, 0.29) is 6.04 Å². The lowest BCUT2D eigenvalue weighted by Crippen LogP contribution is -2.23. The number of nitrogens with one attached hydrogen (secondary N) is 1. The van der Waals surface area contributed by atoms with Crippen LogP contribution in [0.1, 0.15) is 39.3 Å². The van der Waals surface area contributed by atoms with Crippen LogP contribution in [-0.4, -0.2) is 29.3 Å². The molecule has 0 aliphatic heterocycles. The second-order valence-corrected chi connectivity index (χ2v) is 5.44. The summed E-state index contributed by atoms with van der Waals surface area (Å²) in [5.74, 6) is 1.72. The Labute approximate surface area is 111 Å². The van der Waals surface area contributed by atoms with Gasteiger partial charge in [0.25, 0.3) is 0 Å². The lowest BCUT2D eigenvalue weighted by Gasteiger charge is -2.15. The molecule has 104 valence electrons. The second kappa shape index (κ2) is 7.41. The first kappa shape index (κ1) is 15.0. The van der Waals surface area contributed by atoms with Gasteiger partial charge >= 0.3 is 0 Å². The first-order valence-electron chi connectivity index (χ1n) is 6.82. The van der Waals surface area contributed by atoms with Crippen LogP contribution in [0.15, 0.2) is 6.20 Å². The molecule has 0 aromatic carbocycles. The Kier molecular flexibility index (Phi) is 6.19. The predicted octanol–water partition coefficient (Wildman–Crippen LogP) is 3.07. The molecule has 0 aliphatic carbocycles. The van der Waals surface area contributed by atoms with Crippen molar-refractivity contribution < 1.29 is 4.74 Å². The predicted molar refractivity (Wildman–Crippen MR) is 76.0 cm³/mol. The molecule has 0 bridgehead atoms. The van der Waals surface area contributed by atoms with E-state index in [1.54, 1.807) is 7.11 Å². The standard InChI is InChI=1S/C14H27N3O/c1-11(2)7-6-8-17-9-12(3)15-14(17)16-13(4)10-18-5/h9,11,13H,6-8,10H2,1-5H3,(H,15,16). The Morgan fingerprint density at radius 1 is 1.39 bits per heavy atom. The van der Waals surface area contributed by atoms with E-state index >= 15 is 0 Å². The molecule has 4 nitrogen and oxygen atoms in total. The molecule has 1 unspecified atom stereocenters. The van der Waals surface area contributed by atoms with Gasteiger partial charge in [-0.25, -0.2) is 4.98 Å². The van der Waals surface area contributed by atoms with Gasteiger partial charge in [0, 0.05) is 25.9 Å². The van der Waals surface area contributed by atoms with E-state index in [2.05, 4.69) is 41.8 Å². The highest BCUT2D eigenvalue weighted by atomic mass is 16.5. The summed E-state index contributed by atoms with van der Waals surface area (Å²) >= 11 is 0. The minimum absolute atomic E-state index is 0.278. The van der Waals surface area contributed by atoms with Crippen LogP contribution in [0.25, 0.3) is 0 Å². The van der Waals surface area contributed by atoms with Gasteiger partial charge in [0.05, 0.1) is 12.3 Å². The van der Waals surface area contributed by atoms with Crippen LogP contribution in [0.3, 0.4) is 0 Å². The molecule has 1 aromatic heterocycles. The van der Waals surface area contributed by atoms with Crippen molar-refractivity contribution in [3.63, 3.8) is 0 Å². The lowest BCUT2D eigenvalue weighted by atomic mass is 10.1. The highest BCUT2D eigenvalue weighted by molar-refractivity contribution is 5.29. The summed E-state index contributed by atoms with van der Waals surface area (Å²) in [5.41, 5.74) is 1.06. The van der Waals surface area contributed by atoms with Crippen molar-refractivity contribution in [2.24, 2.45) is 5.92 Å². The molecule has 0 radical (unpaired) electrons. The Balaban J connectivity index is 2.55. The lowest BCUT2D eigenvalue weighted by molar-refractivity contribution is 0.190. The van der Waals surface area contributed by atoms with Gasteiger partial charge in [-0.15, -0.1) is 0 Å². The summed E-state index contributed by atoms with van der Waals surface area (Å²) < 4.78 is 7.35. The van der Waals surface area contributed by atoms with Gasteiger partial charge in [-0.1, -0.05) is 13.8 Å². The van der Waals surface area contributed by atoms with Crippen LogP contribution in [0.4, 0.5) is 5.95 Å².